The fourth-order valence-corrected chi connectivity index (χ4v) is 5.34. The fraction of sp³-hybridized carbons (Fsp3) is 0.778. The highest BCUT2D eigenvalue weighted by molar-refractivity contribution is 6.09. The maximum Gasteiger partial charge on any atom is 0.316 e. The van der Waals surface area contributed by atoms with Crippen molar-refractivity contribution in [3.8, 4) is 0 Å². The number of Topliss-reactive ketones (excluding diaryl/α,β-unsaturated/α-hetero) is 1. The van der Waals surface area contributed by atoms with Gasteiger partial charge in [0, 0.05) is 0 Å². The van der Waals surface area contributed by atoms with E-state index in [9.17, 15) is 9.59 Å². The Morgan fingerprint density at radius 1 is 1.24 bits per heavy atom. The molecular formula is C18H26O3. The van der Waals surface area contributed by atoms with Crippen molar-refractivity contribution in [2.75, 3.05) is 7.11 Å². The van der Waals surface area contributed by atoms with Crippen molar-refractivity contribution in [3.05, 3.63) is 11.1 Å². The minimum atomic E-state index is -0.555. The van der Waals surface area contributed by atoms with Crippen molar-refractivity contribution in [1.82, 2.24) is 0 Å². The normalized spacial score (nSPS) is 38.0. The fourth-order valence-electron chi connectivity index (χ4n) is 5.34. The standard InChI is InChI=1S/C18H26O3/c1-17(2)8-5-9-18(3)13-7-6-11(16(20)21-4)15(19)12(13)10-14(17)18/h11,14H,5-10H2,1-4H3/t11?,14-,18+/m0/s1. The number of ether oxygens (including phenoxy) is 1. The van der Waals surface area contributed by atoms with E-state index in [1.807, 2.05) is 0 Å². The number of rotatable bonds is 1. The second-order valence-electron chi connectivity index (χ2n) is 7.95. The van der Waals surface area contributed by atoms with E-state index in [1.54, 1.807) is 0 Å². The first kappa shape index (κ1) is 14.8. The van der Waals surface area contributed by atoms with Crippen LogP contribution in [0.5, 0.6) is 0 Å². The molecular weight excluding hydrogens is 264 g/mol. The van der Waals surface area contributed by atoms with E-state index in [1.165, 1.54) is 31.9 Å². The summed E-state index contributed by atoms with van der Waals surface area (Å²) in [4.78, 5) is 24.6. The molecule has 0 spiro atoms. The van der Waals surface area contributed by atoms with Gasteiger partial charge in [0.2, 0.25) is 0 Å². The molecule has 3 atom stereocenters. The highest BCUT2D eigenvalue weighted by Gasteiger charge is 2.55. The third-order valence-corrected chi connectivity index (χ3v) is 6.47. The summed E-state index contributed by atoms with van der Waals surface area (Å²) >= 11 is 0. The summed E-state index contributed by atoms with van der Waals surface area (Å²) in [6.45, 7) is 7.04. The summed E-state index contributed by atoms with van der Waals surface area (Å²) in [6.07, 6.45) is 6.06. The molecule has 3 rings (SSSR count). The molecule has 0 bridgehead atoms. The van der Waals surface area contributed by atoms with Crippen molar-refractivity contribution >= 4 is 11.8 Å². The Morgan fingerprint density at radius 3 is 2.62 bits per heavy atom. The molecule has 3 heteroatoms. The number of carbonyl (C=O) groups is 2. The highest BCUT2D eigenvalue weighted by atomic mass is 16.5. The van der Waals surface area contributed by atoms with Crippen LogP contribution in [0.3, 0.4) is 0 Å². The van der Waals surface area contributed by atoms with Crippen molar-refractivity contribution in [2.24, 2.45) is 22.7 Å². The van der Waals surface area contributed by atoms with Gasteiger partial charge in [-0.2, -0.15) is 0 Å². The minimum absolute atomic E-state index is 0.0505. The van der Waals surface area contributed by atoms with Gasteiger partial charge in [0.05, 0.1) is 7.11 Å². The summed E-state index contributed by atoms with van der Waals surface area (Å²) in [5, 5.41) is 0. The minimum Gasteiger partial charge on any atom is -0.468 e. The summed E-state index contributed by atoms with van der Waals surface area (Å²) in [5.41, 5.74) is 2.80. The lowest BCUT2D eigenvalue weighted by Crippen LogP contribution is -2.40. The zero-order chi connectivity index (χ0) is 15.4. The molecule has 3 aliphatic carbocycles. The van der Waals surface area contributed by atoms with Crippen LogP contribution in [0.25, 0.3) is 0 Å². The molecule has 3 aliphatic rings. The molecule has 1 fully saturated rings. The van der Waals surface area contributed by atoms with Crippen LogP contribution in [-0.4, -0.2) is 18.9 Å². The van der Waals surface area contributed by atoms with Gasteiger partial charge in [-0.25, -0.2) is 0 Å². The number of hydrogen-bond acceptors (Lipinski definition) is 3. The topological polar surface area (TPSA) is 43.4 Å². The molecule has 1 saturated carbocycles. The summed E-state index contributed by atoms with van der Waals surface area (Å²) < 4.78 is 4.81. The first-order valence-corrected chi connectivity index (χ1v) is 8.16. The summed E-state index contributed by atoms with van der Waals surface area (Å²) in [6, 6.07) is 0. The number of esters is 1. The lowest BCUT2D eigenvalue weighted by molar-refractivity contribution is -0.149. The van der Waals surface area contributed by atoms with Gasteiger partial charge in [0.25, 0.3) is 0 Å². The van der Waals surface area contributed by atoms with Crippen molar-refractivity contribution in [1.29, 1.82) is 0 Å². The molecule has 1 unspecified atom stereocenters. The highest BCUT2D eigenvalue weighted by Crippen LogP contribution is 2.63. The van der Waals surface area contributed by atoms with E-state index < -0.39 is 5.92 Å². The SMILES string of the molecule is COC(=O)C1CCC2=C(C[C@H]3C(C)(C)CCC[C@]23C)C1=O. The van der Waals surface area contributed by atoms with E-state index >= 15 is 0 Å². The first-order valence-electron chi connectivity index (χ1n) is 8.16. The zero-order valence-electron chi connectivity index (χ0n) is 13.6. The number of allylic oxidation sites excluding steroid dienone is 2. The van der Waals surface area contributed by atoms with Crippen molar-refractivity contribution < 1.29 is 14.3 Å². The molecule has 0 aromatic rings. The van der Waals surface area contributed by atoms with Gasteiger partial charge >= 0.3 is 5.97 Å². The van der Waals surface area contributed by atoms with Gasteiger partial charge in [0.1, 0.15) is 5.92 Å². The third-order valence-electron chi connectivity index (χ3n) is 6.47. The molecule has 0 aromatic heterocycles. The van der Waals surface area contributed by atoms with Gasteiger partial charge < -0.3 is 4.74 Å². The van der Waals surface area contributed by atoms with Crippen LogP contribution in [0, 0.1) is 22.7 Å². The van der Waals surface area contributed by atoms with Gasteiger partial charge in [-0.3, -0.25) is 9.59 Å². The van der Waals surface area contributed by atoms with Crippen LogP contribution in [0.2, 0.25) is 0 Å². The van der Waals surface area contributed by atoms with Gasteiger partial charge in [-0.1, -0.05) is 32.8 Å². The summed E-state index contributed by atoms with van der Waals surface area (Å²) in [5.74, 6) is -0.315. The monoisotopic (exact) mass is 290 g/mol. The van der Waals surface area contributed by atoms with Crippen LogP contribution >= 0.6 is 0 Å². The molecule has 0 amide bonds. The smallest absolute Gasteiger partial charge is 0.316 e. The second-order valence-corrected chi connectivity index (χ2v) is 7.95. The van der Waals surface area contributed by atoms with E-state index in [0.717, 1.165) is 18.4 Å². The van der Waals surface area contributed by atoms with Crippen LogP contribution in [0.1, 0.15) is 59.3 Å². The molecule has 0 aliphatic heterocycles. The Labute approximate surface area is 127 Å². The van der Waals surface area contributed by atoms with Gasteiger partial charge in [-0.15, -0.1) is 0 Å². The van der Waals surface area contributed by atoms with Crippen LogP contribution in [-0.2, 0) is 14.3 Å². The number of methoxy groups -OCH3 is 1. The molecule has 0 aromatic carbocycles. The average Bonchev–Trinajstić information content (AvgIpc) is 2.74. The Bertz CT molecular complexity index is 529. The van der Waals surface area contributed by atoms with E-state index in [2.05, 4.69) is 20.8 Å². The van der Waals surface area contributed by atoms with Crippen LogP contribution < -0.4 is 0 Å². The van der Waals surface area contributed by atoms with Crippen molar-refractivity contribution in [2.45, 2.75) is 59.3 Å². The van der Waals surface area contributed by atoms with Crippen LogP contribution in [0.4, 0.5) is 0 Å². The Morgan fingerprint density at radius 2 is 1.95 bits per heavy atom. The molecule has 3 nitrogen and oxygen atoms in total. The van der Waals surface area contributed by atoms with Gasteiger partial charge in [-0.05, 0) is 54.4 Å². The largest absolute Gasteiger partial charge is 0.468 e. The van der Waals surface area contributed by atoms with Gasteiger partial charge in [0.15, 0.2) is 5.78 Å². The second kappa shape index (κ2) is 4.69. The van der Waals surface area contributed by atoms with E-state index in [0.29, 0.717) is 12.3 Å². The summed E-state index contributed by atoms with van der Waals surface area (Å²) in [7, 11) is 1.37. The van der Waals surface area contributed by atoms with E-state index in [4.69, 9.17) is 4.74 Å². The lowest BCUT2D eigenvalue weighted by Gasteiger charge is -2.49. The molecule has 116 valence electrons. The van der Waals surface area contributed by atoms with E-state index in [-0.39, 0.29) is 22.6 Å². The molecule has 21 heavy (non-hydrogen) atoms. The molecule has 0 radical (unpaired) electrons. The molecule has 0 saturated heterocycles. The number of ketones is 1. The molecule has 0 heterocycles. The Balaban J connectivity index is 1.97. The number of carbonyl (C=O) groups excluding carboxylic acids is 2. The predicted octanol–water partition coefficient (Wildman–Crippen LogP) is 3.67. The quantitative estimate of drug-likeness (QED) is 0.546. The van der Waals surface area contributed by atoms with Crippen molar-refractivity contribution in [3.63, 3.8) is 0 Å². The Hall–Kier alpha value is -1.12. The maximum absolute atomic E-state index is 12.7. The van der Waals surface area contributed by atoms with Crippen LogP contribution in [0.15, 0.2) is 11.1 Å². The number of fused-ring (bicyclic) bond motifs is 2. The third kappa shape index (κ3) is 2.00. The lowest BCUT2D eigenvalue weighted by atomic mass is 9.56. The Kier molecular flexibility index (Phi) is 3.30. The number of hydrogen-bond donors (Lipinski definition) is 0. The predicted molar refractivity (Wildman–Crippen MR) is 80.6 cm³/mol. The molecule has 0 N–H and O–H groups in total. The maximum atomic E-state index is 12.7. The first-order chi connectivity index (χ1) is 9.81. The zero-order valence-corrected chi connectivity index (χ0v) is 13.6. The average molecular weight is 290 g/mol.